The van der Waals surface area contributed by atoms with Gasteiger partial charge in [-0.3, -0.25) is 10.1 Å². The highest BCUT2D eigenvalue weighted by molar-refractivity contribution is 6.29. The summed E-state index contributed by atoms with van der Waals surface area (Å²) in [6.45, 7) is 2.04. The molecule has 19 heavy (non-hydrogen) atoms. The third-order valence-electron chi connectivity index (χ3n) is 2.55. The Bertz CT molecular complexity index is 599. The first-order chi connectivity index (χ1) is 9.10. The molecule has 0 radical (unpaired) electrons. The minimum atomic E-state index is -0.556. The molecule has 6 heteroatoms. The number of aromatic nitrogens is 1. The molecule has 0 fully saturated rings. The Labute approximate surface area is 115 Å². The minimum Gasteiger partial charge on any atom is -0.434 e. The van der Waals surface area contributed by atoms with Crippen LogP contribution in [0.5, 0.6) is 11.6 Å². The molecule has 2 rings (SSSR count). The van der Waals surface area contributed by atoms with Gasteiger partial charge in [0.2, 0.25) is 0 Å². The number of nitrogens with zero attached hydrogens (tertiary/aromatic N) is 2. The normalized spacial score (nSPS) is 10.2. The molecule has 0 atom stereocenters. The lowest BCUT2D eigenvalue weighted by Gasteiger charge is -2.06. The van der Waals surface area contributed by atoms with E-state index in [-0.39, 0.29) is 16.7 Å². The van der Waals surface area contributed by atoms with Gasteiger partial charge in [-0.2, -0.15) is 4.98 Å². The average molecular weight is 279 g/mol. The summed E-state index contributed by atoms with van der Waals surface area (Å²) >= 11 is 5.72. The number of nitro groups is 1. The number of hydrogen-bond donors (Lipinski definition) is 0. The fourth-order valence-corrected chi connectivity index (χ4v) is 1.67. The molecule has 0 aliphatic carbocycles. The van der Waals surface area contributed by atoms with Crippen LogP contribution < -0.4 is 4.74 Å². The number of halogens is 1. The molecule has 1 aromatic heterocycles. The van der Waals surface area contributed by atoms with Crippen molar-refractivity contribution >= 4 is 17.3 Å². The van der Waals surface area contributed by atoms with Crippen molar-refractivity contribution in [2.24, 2.45) is 0 Å². The van der Waals surface area contributed by atoms with E-state index in [0.717, 1.165) is 12.0 Å². The Kier molecular flexibility index (Phi) is 3.97. The molecule has 0 spiro atoms. The molecule has 2 aromatic rings. The highest BCUT2D eigenvalue weighted by Crippen LogP contribution is 2.30. The maximum atomic E-state index is 10.9. The molecule has 0 bridgehead atoms. The Morgan fingerprint density at radius 3 is 2.53 bits per heavy atom. The summed E-state index contributed by atoms with van der Waals surface area (Å²) in [5.74, 6) is 0.372. The molecular weight excluding hydrogens is 268 g/mol. The van der Waals surface area contributed by atoms with Crippen LogP contribution in [0.4, 0.5) is 5.69 Å². The Balaban J connectivity index is 2.31. The largest absolute Gasteiger partial charge is 0.434 e. The Hall–Kier alpha value is -2.14. The fourth-order valence-electron chi connectivity index (χ4n) is 1.53. The number of hydrogen-bond acceptors (Lipinski definition) is 4. The van der Waals surface area contributed by atoms with Crippen LogP contribution in [0, 0.1) is 10.1 Å². The second-order valence-electron chi connectivity index (χ2n) is 3.81. The Morgan fingerprint density at radius 1 is 1.26 bits per heavy atom. The zero-order valence-electron chi connectivity index (χ0n) is 10.2. The first kappa shape index (κ1) is 13.3. The summed E-state index contributed by atoms with van der Waals surface area (Å²) in [5, 5.41) is 11.0. The van der Waals surface area contributed by atoms with E-state index in [0.29, 0.717) is 5.75 Å². The molecule has 0 saturated carbocycles. The van der Waals surface area contributed by atoms with Crippen LogP contribution in [0.3, 0.4) is 0 Å². The monoisotopic (exact) mass is 278 g/mol. The summed E-state index contributed by atoms with van der Waals surface area (Å²) in [6.07, 6.45) is 0.913. The third-order valence-corrected chi connectivity index (χ3v) is 2.76. The van der Waals surface area contributed by atoms with Gasteiger partial charge in [-0.25, -0.2) is 0 Å². The fraction of sp³-hybridized carbons (Fsp3) is 0.154. The predicted molar refractivity (Wildman–Crippen MR) is 71.8 cm³/mol. The van der Waals surface area contributed by atoms with Gasteiger partial charge in [-0.1, -0.05) is 30.7 Å². The molecule has 1 heterocycles. The summed E-state index contributed by atoms with van der Waals surface area (Å²) in [6, 6.07) is 9.89. The van der Waals surface area contributed by atoms with Crippen molar-refractivity contribution in [3.63, 3.8) is 0 Å². The quantitative estimate of drug-likeness (QED) is 0.482. The van der Waals surface area contributed by atoms with Crippen LogP contribution in [0.15, 0.2) is 36.4 Å². The van der Waals surface area contributed by atoms with Crippen LogP contribution in [-0.2, 0) is 6.42 Å². The van der Waals surface area contributed by atoms with Crippen molar-refractivity contribution in [1.29, 1.82) is 0 Å². The minimum absolute atomic E-state index is 0.109. The zero-order valence-corrected chi connectivity index (χ0v) is 10.9. The first-order valence-corrected chi connectivity index (χ1v) is 6.05. The SMILES string of the molecule is CCc1ccc(Oc2nc(Cl)ccc2[N+](=O)[O-])cc1. The highest BCUT2D eigenvalue weighted by atomic mass is 35.5. The highest BCUT2D eigenvalue weighted by Gasteiger charge is 2.18. The average Bonchev–Trinajstić information content (AvgIpc) is 2.39. The molecule has 0 aliphatic rings. The molecule has 0 saturated heterocycles. The maximum absolute atomic E-state index is 10.9. The topological polar surface area (TPSA) is 65.3 Å². The molecule has 0 N–H and O–H groups in total. The lowest BCUT2D eigenvalue weighted by atomic mass is 10.2. The van der Waals surface area contributed by atoms with Gasteiger partial charge in [0.25, 0.3) is 0 Å². The Morgan fingerprint density at radius 2 is 1.95 bits per heavy atom. The summed E-state index contributed by atoms with van der Waals surface area (Å²) in [7, 11) is 0. The predicted octanol–water partition coefficient (Wildman–Crippen LogP) is 4.00. The molecule has 0 amide bonds. The molecule has 0 unspecified atom stereocenters. The van der Waals surface area contributed by atoms with E-state index in [4.69, 9.17) is 16.3 Å². The van der Waals surface area contributed by atoms with Crippen molar-refractivity contribution in [2.45, 2.75) is 13.3 Å². The summed E-state index contributed by atoms with van der Waals surface area (Å²) in [5.41, 5.74) is 0.935. The van der Waals surface area contributed by atoms with E-state index in [9.17, 15) is 10.1 Å². The van der Waals surface area contributed by atoms with Gasteiger partial charge in [0.15, 0.2) is 0 Å². The zero-order chi connectivity index (χ0) is 13.8. The summed E-state index contributed by atoms with van der Waals surface area (Å²) in [4.78, 5) is 14.1. The lowest BCUT2D eigenvalue weighted by molar-refractivity contribution is -0.386. The molecule has 0 aliphatic heterocycles. The van der Waals surface area contributed by atoms with Gasteiger partial charge < -0.3 is 4.74 Å². The van der Waals surface area contributed by atoms with Crippen LogP contribution >= 0.6 is 11.6 Å². The van der Waals surface area contributed by atoms with E-state index >= 15 is 0 Å². The van der Waals surface area contributed by atoms with Crippen molar-refractivity contribution in [3.05, 3.63) is 57.2 Å². The van der Waals surface area contributed by atoms with Gasteiger partial charge in [0.1, 0.15) is 10.9 Å². The molecule has 98 valence electrons. The van der Waals surface area contributed by atoms with Gasteiger partial charge in [0.05, 0.1) is 4.92 Å². The lowest BCUT2D eigenvalue weighted by Crippen LogP contribution is -1.96. The number of pyridine rings is 1. The van der Waals surface area contributed by atoms with Gasteiger partial charge in [0, 0.05) is 6.07 Å². The number of ether oxygens (including phenoxy) is 1. The van der Waals surface area contributed by atoms with Gasteiger partial charge >= 0.3 is 11.6 Å². The maximum Gasteiger partial charge on any atom is 0.331 e. The van der Waals surface area contributed by atoms with Crippen molar-refractivity contribution < 1.29 is 9.66 Å². The second kappa shape index (κ2) is 5.67. The first-order valence-electron chi connectivity index (χ1n) is 5.68. The van der Waals surface area contributed by atoms with Crippen LogP contribution in [-0.4, -0.2) is 9.91 Å². The van der Waals surface area contributed by atoms with E-state index in [1.807, 2.05) is 19.1 Å². The van der Waals surface area contributed by atoms with Crippen molar-refractivity contribution in [3.8, 4) is 11.6 Å². The van der Waals surface area contributed by atoms with E-state index in [1.54, 1.807) is 12.1 Å². The van der Waals surface area contributed by atoms with Crippen molar-refractivity contribution in [1.82, 2.24) is 4.98 Å². The van der Waals surface area contributed by atoms with E-state index in [1.165, 1.54) is 12.1 Å². The standard InChI is InChI=1S/C13H11ClN2O3/c1-2-9-3-5-10(6-4-9)19-13-11(16(17)18)7-8-12(14)15-13/h3-8H,2H2,1H3. The van der Waals surface area contributed by atoms with Crippen LogP contribution in [0.2, 0.25) is 5.15 Å². The number of rotatable bonds is 4. The molecular formula is C13H11ClN2O3. The number of benzene rings is 1. The van der Waals surface area contributed by atoms with E-state index < -0.39 is 4.92 Å². The van der Waals surface area contributed by atoms with Crippen LogP contribution in [0.25, 0.3) is 0 Å². The second-order valence-corrected chi connectivity index (χ2v) is 4.20. The summed E-state index contributed by atoms with van der Waals surface area (Å²) < 4.78 is 5.41. The smallest absolute Gasteiger partial charge is 0.331 e. The van der Waals surface area contributed by atoms with Gasteiger partial charge in [-0.15, -0.1) is 0 Å². The van der Waals surface area contributed by atoms with Crippen molar-refractivity contribution in [2.75, 3.05) is 0 Å². The third kappa shape index (κ3) is 3.20. The van der Waals surface area contributed by atoms with E-state index in [2.05, 4.69) is 4.98 Å². The molecule has 5 nitrogen and oxygen atoms in total. The van der Waals surface area contributed by atoms with Crippen LogP contribution in [0.1, 0.15) is 12.5 Å². The molecule has 1 aromatic carbocycles. The van der Waals surface area contributed by atoms with Gasteiger partial charge in [-0.05, 0) is 30.2 Å². The number of aryl methyl sites for hydroxylation is 1.